The van der Waals surface area contributed by atoms with Crippen molar-refractivity contribution in [1.82, 2.24) is 0 Å². The predicted molar refractivity (Wildman–Crippen MR) is 144 cm³/mol. The molecular formula is C33H36. The van der Waals surface area contributed by atoms with Gasteiger partial charge in [0.05, 0.1) is 0 Å². The van der Waals surface area contributed by atoms with Crippen LogP contribution in [0.2, 0.25) is 0 Å². The summed E-state index contributed by atoms with van der Waals surface area (Å²) in [5.41, 5.74) is 16.0. The minimum absolute atomic E-state index is 0.118. The van der Waals surface area contributed by atoms with Crippen LogP contribution in [0.25, 0.3) is 22.3 Å². The Morgan fingerprint density at radius 1 is 0.424 bits per heavy atom. The molecule has 0 heteroatoms. The summed E-state index contributed by atoms with van der Waals surface area (Å²) in [6.07, 6.45) is 0. The fourth-order valence-electron chi connectivity index (χ4n) is 5.59. The van der Waals surface area contributed by atoms with Crippen molar-refractivity contribution in [2.24, 2.45) is 0 Å². The summed E-state index contributed by atoms with van der Waals surface area (Å²) in [6.45, 7) is 18.1. The van der Waals surface area contributed by atoms with Gasteiger partial charge in [0.15, 0.2) is 0 Å². The first-order chi connectivity index (χ1) is 15.6. The SMILES string of the molecule is Cc1ccc(-c2c(C)cccc2C)cc1C(C)(C)c1cc(-c2c(C)cccc2C)ccc1C. The van der Waals surface area contributed by atoms with Crippen LogP contribution in [0.5, 0.6) is 0 Å². The van der Waals surface area contributed by atoms with Crippen molar-refractivity contribution >= 4 is 0 Å². The molecule has 168 valence electrons. The molecule has 0 radical (unpaired) electrons. The molecule has 4 aromatic carbocycles. The van der Waals surface area contributed by atoms with Gasteiger partial charge in [-0.15, -0.1) is 0 Å². The Balaban J connectivity index is 1.89. The molecule has 0 saturated heterocycles. The van der Waals surface area contributed by atoms with Crippen molar-refractivity contribution in [3.05, 3.63) is 117 Å². The second kappa shape index (κ2) is 8.67. The molecular weight excluding hydrogens is 396 g/mol. The largest absolute Gasteiger partial charge is 0.0617 e. The van der Waals surface area contributed by atoms with Crippen molar-refractivity contribution < 1.29 is 0 Å². The van der Waals surface area contributed by atoms with E-state index in [1.165, 1.54) is 66.8 Å². The standard InChI is InChI=1S/C33H36/c1-21-15-17-27(31-23(3)11-9-12-24(31)4)19-29(21)33(7,8)30-20-28(18-16-22(30)2)32-25(5)13-10-14-26(32)6/h9-20H,1-8H3. The van der Waals surface area contributed by atoms with Gasteiger partial charge in [-0.1, -0.05) is 74.5 Å². The van der Waals surface area contributed by atoms with Gasteiger partial charge in [0.25, 0.3) is 0 Å². The molecule has 0 saturated carbocycles. The molecule has 4 rings (SSSR count). The summed E-state index contributed by atoms with van der Waals surface area (Å²) in [4.78, 5) is 0. The van der Waals surface area contributed by atoms with Gasteiger partial charge in [-0.2, -0.15) is 0 Å². The lowest BCUT2D eigenvalue weighted by Gasteiger charge is -2.31. The number of rotatable bonds is 4. The molecule has 0 unspecified atom stereocenters. The number of hydrogen-bond acceptors (Lipinski definition) is 0. The van der Waals surface area contributed by atoms with Crippen molar-refractivity contribution in [2.45, 2.75) is 60.8 Å². The fraction of sp³-hybridized carbons (Fsp3) is 0.273. The first-order valence-electron chi connectivity index (χ1n) is 12.0. The molecule has 4 aromatic rings. The molecule has 0 bridgehead atoms. The van der Waals surface area contributed by atoms with E-state index in [0.29, 0.717) is 0 Å². The van der Waals surface area contributed by atoms with Gasteiger partial charge in [-0.25, -0.2) is 0 Å². The van der Waals surface area contributed by atoms with E-state index >= 15 is 0 Å². The zero-order valence-electron chi connectivity index (χ0n) is 21.4. The Morgan fingerprint density at radius 3 is 1.09 bits per heavy atom. The Bertz CT molecular complexity index is 1190. The second-order valence-electron chi connectivity index (χ2n) is 10.2. The predicted octanol–water partition coefficient (Wildman–Crippen LogP) is 9.20. The van der Waals surface area contributed by atoms with E-state index < -0.39 is 0 Å². The van der Waals surface area contributed by atoms with Crippen LogP contribution in [0.3, 0.4) is 0 Å². The first kappa shape index (κ1) is 23.1. The molecule has 0 fully saturated rings. The van der Waals surface area contributed by atoms with Gasteiger partial charge in [0.1, 0.15) is 0 Å². The molecule has 0 aliphatic heterocycles. The Hall–Kier alpha value is -3.12. The highest BCUT2D eigenvalue weighted by Crippen LogP contribution is 2.40. The van der Waals surface area contributed by atoms with E-state index in [0.717, 1.165) is 0 Å². The summed E-state index contributed by atoms with van der Waals surface area (Å²) in [7, 11) is 0. The van der Waals surface area contributed by atoms with Gasteiger partial charge >= 0.3 is 0 Å². The van der Waals surface area contributed by atoms with E-state index in [4.69, 9.17) is 0 Å². The normalized spacial score (nSPS) is 11.6. The lowest BCUT2D eigenvalue weighted by Crippen LogP contribution is -2.22. The quantitative estimate of drug-likeness (QED) is 0.301. The highest BCUT2D eigenvalue weighted by Gasteiger charge is 2.28. The Morgan fingerprint density at radius 2 is 0.758 bits per heavy atom. The van der Waals surface area contributed by atoms with Crippen LogP contribution in [0, 0.1) is 41.5 Å². The van der Waals surface area contributed by atoms with Crippen molar-refractivity contribution in [1.29, 1.82) is 0 Å². The third kappa shape index (κ3) is 4.15. The highest BCUT2D eigenvalue weighted by atomic mass is 14.3. The van der Waals surface area contributed by atoms with Crippen LogP contribution in [-0.4, -0.2) is 0 Å². The maximum absolute atomic E-state index is 2.43. The highest BCUT2D eigenvalue weighted by molar-refractivity contribution is 5.74. The molecule has 0 atom stereocenters. The molecule has 0 aliphatic rings. The molecule has 0 spiro atoms. The lowest BCUT2D eigenvalue weighted by molar-refractivity contribution is 0.632. The molecule has 0 N–H and O–H groups in total. The number of benzene rings is 4. The van der Waals surface area contributed by atoms with Gasteiger partial charge in [-0.05, 0) is 120 Å². The maximum atomic E-state index is 2.43. The Kier molecular flexibility index (Phi) is 6.06. The van der Waals surface area contributed by atoms with Crippen LogP contribution in [0.4, 0.5) is 0 Å². The first-order valence-corrected chi connectivity index (χ1v) is 12.0. The second-order valence-corrected chi connectivity index (χ2v) is 10.2. The number of aryl methyl sites for hydroxylation is 6. The molecule has 0 amide bonds. The summed E-state index contributed by atoms with van der Waals surface area (Å²) < 4.78 is 0. The van der Waals surface area contributed by atoms with Crippen molar-refractivity contribution in [2.75, 3.05) is 0 Å². The zero-order valence-corrected chi connectivity index (χ0v) is 21.4. The van der Waals surface area contributed by atoms with Crippen molar-refractivity contribution in [3.63, 3.8) is 0 Å². The minimum Gasteiger partial charge on any atom is -0.0617 e. The van der Waals surface area contributed by atoms with E-state index in [2.05, 4.69) is 128 Å². The molecule has 0 aliphatic carbocycles. The third-order valence-corrected chi connectivity index (χ3v) is 7.36. The lowest BCUT2D eigenvalue weighted by atomic mass is 9.73. The fourth-order valence-corrected chi connectivity index (χ4v) is 5.59. The summed E-state index contributed by atoms with van der Waals surface area (Å²) in [5.74, 6) is 0. The monoisotopic (exact) mass is 432 g/mol. The van der Waals surface area contributed by atoms with Gasteiger partial charge in [0.2, 0.25) is 0 Å². The molecule has 0 heterocycles. The van der Waals surface area contributed by atoms with Crippen molar-refractivity contribution in [3.8, 4) is 22.3 Å². The van der Waals surface area contributed by atoms with Crippen LogP contribution in [0.15, 0.2) is 72.8 Å². The Labute approximate surface area is 200 Å². The van der Waals surface area contributed by atoms with Crippen LogP contribution >= 0.6 is 0 Å². The third-order valence-electron chi connectivity index (χ3n) is 7.36. The van der Waals surface area contributed by atoms with E-state index in [-0.39, 0.29) is 5.41 Å². The maximum Gasteiger partial charge on any atom is 0.0152 e. The smallest absolute Gasteiger partial charge is 0.0152 e. The zero-order chi connectivity index (χ0) is 23.9. The number of hydrogen-bond donors (Lipinski definition) is 0. The van der Waals surface area contributed by atoms with Gasteiger partial charge in [-0.3, -0.25) is 0 Å². The van der Waals surface area contributed by atoms with Gasteiger partial charge < -0.3 is 0 Å². The molecule has 0 aromatic heterocycles. The van der Waals surface area contributed by atoms with Crippen LogP contribution in [0.1, 0.15) is 58.4 Å². The molecule has 33 heavy (non-hydrogen) atoms. The van der Waals surface area contributed by atoms with E-state index in [9.17, 15) is 0 Å². The summed E-state index contributed by atoms with van der Waals surface area (Å²) >= 11 is 0. The van der Waals surface area contributed by atoms with Gasteiger partial charge in [0, 0.05) is 5.41 Å². The van der Waals surface area contributed by atoms with Crippen LogP contribution < -0.4 is 0 Å². The topological polar surface area (TPSA) is 0 Å². The van der Waals surface area contributed by atoms with Crippen LogP contribution in [-0.2, 0) is 5.41 Å². The molecule has 0 nitrogen and oxygen atoms in total. The minimum atomic E-state index is -0.118. The summed E-state index contributed by atoms with van der Waals surface area (Å²) in [5, 5.41) is 0. The summed E-state index contributed by atoms with van der Waals surface area (Å²) in [6, 6.07) is 27.2. The van der Waals surface area contributed by atoms with E-state index in [1.807, 2.05) is 0 Å². The average molecular weight is 433 g/mol. The van der Waals surface area contributed by atoms with E-state index in [1.54, 1.807) is 0 Å². The average Bonchev–Trinajstić information content (AvgIpc) is 2.75.